The first-order valence-corrected chi connectivity index (χ1v) is 8.08. The molecule has 0 bridgehead atoms. The van der Waals surface area contributed by atoms with Crippen LogP contribution in [0.15, 0.2) is 0 Å². The number of rotatable bonds is 6. The highest BCUT2D eigenvalue weighted by Crippen LogP contribution is 2.24. The van der Waals surface area contributed by atoms with Gasteiger partial charge in [-0.15, -0.1) is 0 Å². The van der Waals surface area contributed by atoms with Crippen LogP contribution in [0.5, 0.6) is 0 Å². The molecule has 6 heteroatoms. The minimum absolute atomic E-state index is 0.191. The second-order valence-corrected chi connectivity index (χ2v) is 7.08. The summed E-state index contributed by atoms with van der Waals surface area (Å²) in [7, 11) is -2.86. The standard InChI is InChI=1S/C11H21NO4S/c1-17(15,16)8-2-7-12-10-5-3-9(4-6-10)11(13)14/h9-10,12H,2-8H2,1H3,(H,13,14). The van der Waals surface area contributed by atoms with E-state index >= 15 is 0 Å². The molecule has 1 saturated carbocycles. The third-order valence-corrected chi connectivity index (χ3v) is 4.23. The van der Waals surface area contributed by atoms with Crippen molar-refractivity contribution in [3.8, 4) is 0 Å². The van der Waals surface area contributed by atoms with E-state index < -0.39 is 15.8 Å². The van der Waals surface area contributed by atoms with Crippen LogP contribution in [0.25, 0.3) is 0 Å². The number of hydrogen-bond acceptors (Lipinski definition) is 4. The first-order valence-electron chi connectivity index (χ1n) is 6.02. The van der Waals surface area contributed by atoms with Gasteiger partial charge in [0.15, 0.2) is 0 Å². The smallest absolute Gasteiger partial charge is 0.306 e. The van der Waals surface area contributed by atoms with Gasteiger partial charge in [0, 0.05) is 12.3 Å². The molecule has 0 aromatic heterocycles. The van der Waals surface area contributed by atoms with Crippen LogP contribution in [0.3, 0.4) is 0 Å². The Morgan fingerprint density at radius 2 is 1.88 bits per heavy atom. The van der Waals surface area contributed by atoms with E-state index in [0.29, 0.717) is 19.0 Å². The summed E-state index contributed by atoms with van der Waals surface area (Å²) in [5.41, 5.74) is 0. The Bertz CT molecular complexity index is 344. The molecular formula is C11H21NO4S. The fourth-order valence-corrected chi connectivity index (χ4v) is 2.85. The quantitative estimate of drug-likeness (QED) is 0.688. The van der Waals surface area contributed by atoms with Gasteiger partial charge in [-0.3, -0.25) is 4.79 Å². The molecule has 0 radical (unpaired) electrons. The Balaban J connectivity index is 2.12. The summed E-state index contributed by atoms with van der Waals surface area (Å²) in [5, 5.41) is 12.1. The molecule has 0 aromatic carbocycles. The van der Waals surface area contributed by atoms with Crippen molar-refractivity contribution >= 4 is 15.8 Å². The molecule has 0 atom stereocenters. The van der Waals surface area contributed by atoms with Crippen molar-refractivity contribution < 1.29 is 18.3 Å². The average molecular weight is 263 g/mol. The third-order valence-electron chi connectivity index (χ3n) is 3.20. The van der Waals surface area contributed by atoms with Gasteiger partial charge >= 0.3 is 5.97 Å². The molecule has 1 fully saturated rings. The lowest BCUT2D eigenvalue weighted by atomic mass is 9.86. The highest BCUT2D eigenvalue weighted by molar-refractivity contribution is 7.90. The van der Waals surface area contributed by atoms with Gasteiger partial charge in [0.1, 0.15) is 9.84 Å². The van der Waals surface area contributed by atoms with E-state index in [4.69, 9.17) is 5.11 Å². The van der Waals surface area contributed by atoms with Gasteiger partial charge in [-0.2, -0.15) is 0 Å². The Kier molecular flexibility index (Phi) is 5.39. The zero-order chi connectivity index (χ0) is 12.9. The predicted molar refractivity (Wildman–Crippen MR) is 65.7 cm³/mol. The van der Waals surface area contributed by atoms with Crippen molar-refractivity contribution in [2.24, 2.45) is 5.92 Å². The number of aliphatic carboxylic acids is 1. The number of sulfone groups is 1. The number of carboxylic acid groups (broad SMARTS) is 1. The fourth-order valence-electron chi connectivity index (χ4n) is 2.19. The monoisotopic (exact) mass is 263 g/mol. The zero-order valence-electron chi connectivity index (χ0n) is 10.2. The van der Waals surface area contributed by atoms with Crippen LogP contribution < -0.4 is 5.32 Å². The predicted octanol–water partition coefficient (Wildman–Crippen LogP) is 0.654. The molecule has 0 unspecified atom stereocenters. The molecule has 0 saturated heterocycles. The van der Waals surface area contributed by atoms with Crippen LogP contribution in [-0.4, -0.2) is 44.1 Å². The van der Waals surface area contributed by atoms with Gasteiger partial charge in [-0.1, -0.05) is 0 Å². The maximum atomic E-state index is 10.9. The molecule has 0 aromatic rings. The van der Waals surface area contributed by atoms with E-state index in [1.807, 2.05) is 0 Å². The van der Waals surface area contributed by atoms with Crippen molar-refractivity contribution in [2.75, 3.05) is 18.6 Å². The zero-order valence-corrected chi connectivity index (χ0v) is 11.0. The Morgan fingerprint density at radius 1 is 1.29 bits per heavy atom. The molecule has 1 rings (SSSR count). The summed E-state index contributed by atoms with van der Waals surface area (Å²) in [6.07, 6.45) is 5.05. The lowest BCUT2D eigenvalue weighted by Crippen LogP contribution is -2.35. The second-order valence-electron chi connectivity index (χ2n) is 4.82. The van der Waals surface area contributed by atoms with Gasteiger partial charge in [0.2, 0.25) is 0 Å². The summed E-state index contributed by atoms with van der Waals surface area (Å²) >= 11 is 0. The SMILES string of the molecule is CS(=O)(=O)CCCNC1CCC(C(=O)O)CC1. The van der Waals surface area contributed by atoms with E-state index in [9.17, 15) is 13.2 Å². The summed E-state index contributed by atoms with van der Waals surface area (Å²) in [5.74, 6) is -0.672. The van der Waals surface area contributed by atoms with Crippen LogP contribution in [0.4, 0.5) is 0 Å². The van der Waals surface area contributed by atoms with E-state index in [-0.39, 0.29) is 11.7 Å². The molecule has 1 aliphatic rings. The Morgan fingerprint density at radius 3 is 2.35 bits per heavy atom. The number of nitrogens with one attached hydrogen (secondary N) is 1. The van der Waals surface area contributed by atoms with E-state index in [0.717, 1.165) is 25.7 Å². The molecule has 0 aliphatic heterocycles. The lowest BCUT2D eigenvalue weighted by molar-refractivity contribution is -0.142. The van der Waals surface area contributed by atoms with Crippen LogP contribution in [0, 0.1) is 5.92 Å². The Labute approximate surface area is 103 Å². The van der Waals surface area contributed by atoms with Crippen molar-refractivity contribution in [3.63, 3.8) is 0 Å². The molecule has 5 nitrogen and oxygen atoms in total. The van der Waals surface area contributed by atoms with Gasteiger partial charge < -0.3 is 10.4 Å². The van der Waals surface area contributed by atoms with Crippen molar-refractivity contribution in [1.82, 2.24) is 5.32 Å². The van der Waals surface area contributed by atoms with E-state index in [1.165, 1.54) is 6.26 Å². The largest absolute Gasteiger partial charge is 0.481 e. The van der Waals surface area contributed by atoms with Crippen LogP contribution >= 0.6 is 0 Å². The van der Waals surface area contributed by atoms with Gasteiger partial charge in [-0.05, 0) is 38.6 Å². The van der Waals surface area contributed by atoms with Crippen LogP contribution in [0.1, 0.15) is 32.1 Å². The van der Waals surface area contributed by atoms with Gasteiger partial charge in [0.25, 0.3) is 0 Å². The first kappa shape index (κ1) is 14.4. The maximum Gasteiger partial charge on any atom is 0.306 e. The highest BCUT2D eigenvalue weighted by atomic mass is 32.2. The minimum Gasteiger partial charge on any atom is -0.481 e. The average Bonchev–Trinajstić information content (AvgIpc) is 2.24. The fraction of sp³-hybridized carbons (Fsp3) is 0.909. The summed E-state index contributed by atoms with van der Waals surface area (Å²) in [4.78, 5) is 10.7. The molecule has 100 valence electrons. The molecule has 0 amide bonds. The molecule has 2 N–H and O–H groups in total. The topological polar surface area (TPSA) is 83.5 Å². The molecule has 0 spiro atoms. The summed E-state index contributed by atoms with van der Waals surface area (Å²) < 4.78 is 21.8. The van der Waals surface area contributed by atoms with Gasteiger partial charge in [-0.25, -0.2) is 8.42 Å². The number of carboxylic acids is 1. The Hall–Kier alpha value is -0.620. The van der Waals surface area contributed by atoms with Crippen LogP contribution in [0.2, 0.25) is 0 Å². The molecule has 17 heavy (non-hydrogen) atoms. The van der Waals surface area contributed by atoms with Crippen molar-refractivity contribution in [1.29, 1.82) is 0 Å². The van der Waals surface area contributed by atoms with E-state index in [1.54, 1.807) is 0 Å². The first-order chi connectivity index (χ1) is 7.88. The van der Waals surface area contributed by atoms with Crippen LogP contribution in [-0.2, 0) is 14.6 Å². The number of hydrogen-bond donors (Lipinski definition) is 2. The highest BCUT2D eigenvalue weighted by Gasteiger charge is 2.25. The minimum atomic E-state index is -2.86. The maximum absolute atomic E-state index is 10.9. The van der Waals surface area contributed by atoms with E-state index in [2.05, 4.69) is 5.32 Å². The lowest BCUT2D eigenvalue weighted by Gasteiger charge is -2.26. The second kappa shape index (κ2) is 6.35. The normalized spacial score (nSPS) is 25.7. The molecule has 1 aliphatic carbocycles. The number of carbonyl (C=O) groups is 1. The summed E-state index contributed by atoms with van der Waals surface area (Å²) in [6, 6.07) is 0.352. The third kappa shape index (κ3) is 6.02. The molecular weight excluding hydrogens is 242 g/mol. The van der Waals surface area contributed by atoms with Crippen molar-refractivity contribution in [3.05, 3.63) is 0 Å². The van der Waals surface area contributed by atoms with Gasteiger partial charge in [0.05, 0.1) is 11.7 Å². The summed E-state index contributed by atoms with van der Waals surface area (Å²) in [6.45, 7) is 0.690. The van der Waals surface area contributed by atoms with Crippen molar-refractivity contribution in [2.45, 2.75) is 38.1 Å². The molecule has 0 heterocycles.